The zero-order valence-electron chi connectivity index (χ0n) is 12.6. The molecule has 0 saturated carbocycles. The lowest BCUT2D eigenvalue weighted by Gasteiger charge is -2.07. The van der Waals surface area contributed by atoms with Gasteiger partial charge in [0.05, 0.1) is 6.54 Å². The van der Waals surface area contributed by atoms with Crippen molar-refractivity contribution in [2.45, 2.75) is 13.0 Å². The van der Waals surface area contributed by atoms with Crippen LogP contribution in [0.15, 0.2) is 36.4 Å². The van der Waals surface area contributed by atoms with Gasteiger partial charge in [0.2, 0.25) is 0 Å². The number of carbonyl (C=O) groups excluding carboxylic acids is 1. The monoisotopic (exact) mass is 408 g/mol. The molecule has 0 aliphatic rings. The molecule has 2 rings (SSSR count). The number of aromatic nitrogens is 1. The number of hydrogen-bond donors (Lipinski definition) is 1. The number of nitrogens with zero attached hydrogens (tertiary/aromatic N) is 1. The number of hydrogen-bond acceptors (Lipinski definition) is 4. The summed E-state index contributed by atoms with van der Waals surface area (Å²) in [6.07, 6.45) is 0.781. The predicted molar refractivity (Wildman–Crippen MR) is 99.3 cm³/mol. The fourth-order valence-electron chi connectivity index (χ4n) is 1.93. The van der Waals surface area contributed by atoms with Gasteiger partial charge in [-0.25, -0.2) is 4.98 Å². The molecule has 0 fully saturated rings. The van der Waals surface area contributed by atoms with Gasteiger partial charge in [0.25, 0.3) is 0 Å². The summed E-state index contributed by atoms with van der Waals surface area (Å²) >= 11 is 17.5. The van der Waals surface area contributed by atoms with Gasteiger partial charge < -0.3 is 10.1 Å². The molecule has 4 nitrogen and oxygen atoms in total. The first-order chi connectivity index (χ1) is 11.0. The Balaban J connectivity index is 0.00000288. The number of pyridine rings is 1. The third-order valence-corrected chi connectivity index (χ3v) is 3.59. The van der Waals surface area contributed by atoms with Crippen LogP contribution in [0.3, 0.4) is 0 Å². The average Bonchev–Trinajstić information content (AvgIpc) is 2.49. The maximum atomic E-state index is 11.7. The fourth-order valence-corrected chi connectivity index (χ4v) is 2.65. The first-order valence-corrected chi connectivity index (χ1v) is 8.09. The molecule has 0 bridgehead atoms. The first-order valence-electron chi connectivity index (χ1n) is 6.95. The number of ether oxygens (including phenoxy) is 1. The van der Waals surface area contributed by atoms with E-state index in [1.54, 1.807) is 12.1 Å². The van der Waals surface area contributed by atoms with Gasteiger partial charge in [-0.15, -0.1) is 12.4 Å². The van der Waals surface area contributed by atoms with Crippen molar-refractivity contribution in [2.75, 3.05) is 13.1 Å². The molecule has 0 spiro atoms. The highest BCUT2D eigenvalue weighted by Crippen LogP contribution is 2.15. The smallest absolute Gasteiger partial charge is 0.320 e. The Morgan fingerprint density at radius 1 is 1.08 bits per heavy atom. The van der Waals surface area contributed by atoms with Gasteiger partial charge in [-0.2, -0.15) is 0 Å². The Morgan fingerprint density at radius 2 is 1.79 bits per heavy atom. The second-order valence-electron chi connectivity index (χ2n) is 4.84. The summed E-state index contributed by atoms with van der Waals surface area (Å²) in [6, 6.07) is 10.8. The normalized spacial score (nSPS) is 10.1. The number of esters is 1. The summed E-state index contributed by atoms with van der Waals surface area (Å²) < 4.78 is 5.14. The second-order valence-corrected chi connectivity index (χ2v) is 6.05. The lowest BCUT2D eigenvalue weighted by atomic mass is 10.1. The lowest BCUT2D eigenvalue weighted by Crippen LogP contribution is -2.26. The number of benzene rings is 1. The standard InChI is InChI=1S/C16H15Cl3N2O2.ClH/c17-13-3-1-2-11(6-13)4-5-20-9-16(22)23-10-12-7-14(18)21-15(19)8-12;/h1-3,6-8,20H,4-5,9-10H2;1H. The molecule has 1 N–H and O–H groups in total. The van der Waals surface area contributed by atoms with Crippen LogP contribution in [-0.2, 0) is 22.6 Å². The largest absolute Gasteiger partial charge is 0.460 e. The van der Waals surface area contributed by atoms with Crippen LogP contribution < -0.4 is 5.32 Å². The van der Waals surface area contributed by atoms with Crippen LogP contribution in [0.25, 0.3) is 0 Å². The lowest BCUT2D eigenvalue weighted by molar-refractivity contribution is -0.143. The maximum Gasteiger partial charge on any atom is 0.320 e. The van der Waals surface area contributed by atoms with Crippen molar-refractivity contribution in [3.63, 3.8) is 0 Å². The van der Waals surface area contributed by atoms with Crippen LogP contribution in [0.2, 0.25) is 15.3 Å². The maximum absolute atomic E-state index is 11.7. The molecule has 0 aliphatic carbocycles. The van der Waals surface area contributed by atoms with E-state index < -0.39 is 0 Å². The Kier molecular flexibility index (Phi) is 9.41. The SMILES string of the molecule is Cl.O=C(CNCCc1cccc(Cl)c1)OCc1cc(Cl)nc(Cl)c1. The molecule has 0 amide bonds. The number of rotatable bonds is 7. The molecule has 0 atom stereocenters. The van der Waals surface area contributed by atoms with E-state index in [1.165, 1.54) is 0 Å². The number of halogens is 4. The molecule has 1 heterocycles. The fraction of sp³-hybridized carbons (Fsp3) is 0.250. The van der Waals surface area contributed by atoms with E-state index in [9.17, 15) is 4.79 Å². The van der Waals surface area contributed by atoms with Gasteiger partial charge in [-0.3, -0.25) is 4.79 Å². The molecule has 1 aromatic heterocycles. The van der Waals surface area contributed by atoms with Gasteiger partial charge in [0.15, 0.2) is 0 Å². The van der Waals surface area contributed by atoms with Crippen LogP contribution in [0.5, 0.6) is 0 Å². The predicted octanol–water partition coefficient (Wildman–Crippen LogP) is 4.34. The summed E-state index contributed by atoms with van der Waals surface area (Å²) in [7, 11) is 0. The Labute approximate surface area is 161 Å². The average molecular weight is 410 g/mol. The molecule has 130 valence electrons. The highest BCUT2D eigenvalue weighted by atomic mass is 35.5. The Hall–Kier alpha value is -1.04. The second kappa shape index (κ2) is 10.7. The third-order valence-electron chi connectivity index (χ3n) is 2.97. The molecular formula is C16H16Cl4N2O2. The molecule has 0 aliphatic heterocycles. The number of nitrogens with one attached hydrogen (secondary N) is 1. The van der Waals surface area contributed by atoms with E-state index in [0.29, 0.717) is 17.1 Å². The molecule has 24 heavy (non-hydrogen) atoms. The molecular weight excluding hydrogens is 394 g/mol. The molecule has 8 heteroatoms. The first kappa shape index (κ1) is 21.0. The van der Waals surface area contributed by atoms with Gasteiger partial charge in [0.1, 0.15) is 16.9 Å². The summed E-state index contributed by atoms with van der Waals surface area (Å²) in [5.74, 6) is -0.347. The van der Waals surface area contributed by atoms with Crippen LogP contribution in [0.4, 0.5) is 0 Å². The van der Waals surface area contributed by atoms with Gasteiger partial charge in [-0.1, -0.05) is 46.9 Å². The van der Waals surface area contributed by atoms with E-state index in [0.717, 1.165) is 12.0 Å². The van der Waals surface area contributed by atoms with Crippen molar-refractivity contribution in [3.8, 4) is 0 Å². The van der Waals surface area contributed by atoms with Crippen molar-refractivity contribution in [3.05, 3.63) is 62.9 Å². The van der Waals surface area contributed by atoms with Crippen molar-refractivity contribution in [2.24, 2.45) is 0 Å². The van der Waals surface area contributed by atoms with Crippen LogP contribution in [-0.4, -0.2) is 24.0 Å². The van der Waals surface area contributed by atoms with E-state index in [4.69, 9.17) is 39.5 Å². The molecule has 2 aromatic rings. The zero-order chi connectivity index (χ0) is 16.7. The Bertz CT molecular complexity index is 663. The molecule has 0 saturated heterocycles. The van der Waals surface area contributed by atoms with Crippen LogP contribution in [0.1, 0.15) is 11.1 Å². The number of carbonyl (C=O) groups is 1. The summed E-state index contributed by atoms with van der Waals surface area (Å²) in [5, 5.41) is 4.27. The van der Waals surface area contributed by atoms with Crippen molar-refractivity contribution >= 4 is 53.2 Å². The quantitative estimate of drug-likeness (QED) is 0.419. The van der Waals surface area contributed by atoms with Crippen LogP contribution >= 0.6 is 47.2 Å². The van der Waals surface area contributed by atoms with E-state index in [-0.39, 0.29) is 41.8 Å². The van der Waals surface area contributed by atoms with Gasteiger partial charge in [0, 0.05) is 5.02 Å². The molecule has 1 aromatic carbocycles. The van der Waals surface area contributed by atoms with E-state index in [2.05, 4.69) is 10.3 Å². The minimum absolute atomic E-state index is 0. The van der Waals surface area contributed by atoms with E-state index >= 15 is 0 Å². The highest BCUT2D eigenvalue weighted by molar-refractivity contribution is 6.32. The summed E-state index contributed by atoms with van der Waals surface area (Å²) in [6.45, 7) is 0.895. The third kappa shape index (κ3) is 7.69. The Morgan fingerprint density at radius 3 is 2.46 bits per heavy atom. The van der Waals surface area contributed by atoms with Crippen molar-refractivity contribution in [1.29, 1.82) is 0 Å². The molecule has 0 unspecified atom stereocenters. The van der Waals surface area contributed by atoms with E-state index in [1.807, 2.05) is 24.3 Å². The zero-order valence-corrected chi connectivity index (χ0v) is 15.7. The minimum Gasteiger partial charge on any atom is -0.460 e. The van der Waals surface area contributed by atoms with Gasteiger partial charge in [-0.05, 0) is 48.4 Å². The summed E-state index contributed by atoms with van der Waals surface area (Å²) in [5.41, 5.74) is 1.81. The van der Waals surface area contributed by atoms with Crippen LogP contribution in [0, 0.1) is 0 Å². The molecule has 0 radical (unpaired) electrons. The minimum atomic E-state index is -0.347. The van der Waals surface area contributed by atoms with Gasteiger partial charge >= 0.3 is 5.97 Å². The highest BCUT2D eigenvalue weighted by Gasteiger charge is 2.05. The van der Waals surface area contributed by atoms with Crippen molar-refractivity contribution in [1.82, 2.24) is 10.3 Å². The van der Waals surface area contributed by atoms with Crippen molar-refractivity contribution < 1.29 is 9.53 Å². The topological polar surface area (TPSA) is 51.2 Å². The summed E-state index contributed by atoms with van der Waals surface area (Å²) in [4.78, 5) is 15.5.